The second-order valence-electron chi connectivity index (χ2n) is 4.83. The third kappa shape index (κ3) is 2.64. The lowest BCUT2D eigenvalue weighted by Gasteiger charge is -2.16. The second-order valence-corrected chi connectivity index (χ2v) is 6.48. The average Bonchev–Trinajstić information content (AvgIpc) is 2.35. The summed E-state index contributed by atoms with van der Waals surface area (Å²) in [6.45, 7) is 4.20. The summed E-state index contributed by atoms with van der Waals surface area (Å²) >= 11 is 0. The molecule has 0 bridgehead atoms. The van der Waals surface area contributed by atoms with E-state index in [4.69, 9.17) is 4.74 Å². The lowest BCUT2D eigenvalue weighted by Crippen LogP contribution is -2.37. The molecule has 0 fully saturated rings. The fraction of sp³-hybridized carbons (Fsp3) is 0.500. The zero-order chi connectivity index (χ0) is 13.3. The fourth-order valence-electron chi connectivity index (χ4n) is 2.05. The first-order valence-corrected chi connectivity index (χ1v) is 7.32. The Morgan fingerprint density at radius 2 is 2.22 bits per heavy atom. The van der Waals surface area contributed by atoms with Crippen molar-refractivity contribution in [2.24, 2.45) is 5.92 Å². The molecule has 0 radical (unpaired) electrons. The summed E-state index contributed by atoms with van der Waals surface area (Å²) in [5.41, 5.74) is 0. The van der Waals surface area contributed by atoms with Crippen LogP contribution < -0.4 is 9.46 Å². The van der Waals surface area contributed by atoms with Crippen molar-refractivity contribution in [2.75, 3.05) is 6.61 Å². The minimum Gasteiger partial charge on any atom is -0.490 e. The largest absolute Gasteiger partial charge is 0.490 e. The molecule has 18 heavy (non-hydrogen) atoms. The van der Waals surface area contributed by atoms with Gasteiger partial charge in [0, 0.05) is 0 Å². The number of rotatable bonds is 2. The highest BCUT2D eigenvalue weighted by molar-refractivity contribution is 7.89. The molecule has 0 aliphatic carbocycles. The summed E-state index contributed by atoms with van der Waals surface area (Å²) in [4.78, 5) is -0.392. The van der Waals surface area contributed by atoms with Gasteiger partial charge in [0.1, 0.15) is 18.2 Å². The van der Waals surface area contributed by atoms with E-state index in [1.807, 2.05) is 13.8 Å². The molecule has 6 heteroatoms. The van der Waals surface area contributed by atoms with Crippen LogP contribution in [0.25, 0.3) is 0 Å². The van der Waals surface area contributed by atoms with Gasteiger partial charge in [0.25, 0.3) is 0 Å². The predicted octanol–water partition coefficient (Wildman–Crippen LogP) is 1.91. The minimum absolute atomic E-state index is 0.0776. The van der Waals surface area contributed by atoms with Crippen molar-refractivity contribution >= 4 is 10.0 Å². The Morgan fingerprint density at radius 3 is 2.89 bits per heavy atom. The Balaban J connectivity index is 2.39. The topological polar surface area (TPSA) is 55.4 Å². The third-order valence-corrected chi connectivity index (χ3v) is 4.29. The molecule has 0 amide bonds. The average molecular weight is 273 g/mol. The molecule has 1 aromatic rings. The van der Waals surface area contributed by atoms with E-state index in [1.54, 1.807) is 0 Å². The molecular formula is C12H16FNO3S. The number of halogens is 1. The van der Waals surface area contributed by atoms with Crippen LogP contribution in [-0.4, -0.2) is 21.1 Å². The Morgan fingerprint density at radius 1 is 1.50 bits per heavy atom. The number of benzene rings is 1. The van der Waals surface area contributed by atoms with Crippen LogP contribution in [0.4, 0.5) is 4.39 Å². The van der Waals surface area contributed by atoms with E-state index in [1.165, 1.54) is 12.1 Å². The SMILES string of the molecule is CC(C)CC1COc2cccc(F)c2S(=O)(=O)N1. The van der Waals surface area contributed by atoms with Crippen LogP contribution in [0.5, 0.6) is 5.75 Å². The van der Waals surface area contributed by atoms with Crippen molar-refractivity contribution in [3.8, 4) is 5.75 Å². The van der Waals surface area contributed by atoms with Gasteiger partial charge in [0.15, 0.2) is 4.90 Å². The standard InChI is InChI=1S/C12H16FNO3S/c1-8(2)6-9-7-17-11-5-3-4-10(13)12(11)18(15,16)14-9/h3-5,8-9,14H,6-7H2,1-2H3. The van der Waals surface area contributed by atoms with E-state index < -0.39 is 20.7 Å². The summed E-state index contributed by atoms with van der Waals surface area (Å²) < 4.78 is 45.7. The molecule has 0 spiro atoms. The van der Waals surface area contributed by atoms with Gasteiger partial charge in [-0.3, -0.25) is 0 Å². The number of sulfonamides is 1. The highest BCUT2D eigenvalue weighted by atomic mass is 32.2. The van der Waals surface area contributed by atoms with Crippen molar-refractivity contribution in [2.45, 2.75) is 31.2 Å². The molecule has 0 saturated carbocycles. The van der Waals surface area contributed by atoms with Crippen LogP contribution in [0.2, 0.25) is 0 Å². The van der Waals surface area contributed by atoms with E-state index in [2.05, 4.69) is 4.72 Å². The van der Waals surface area contributed by atoms with Crippen LogP contribution in [-0.2, 0) is 10.0 Å². The fourth-order valence-corrected chi connectivity index (χ4v) is 3.49. The Labute approximate surface area is 106 Å². The van der Waals surface area contributed by atoms with Crippen LogP contribution >= 0.6 is 0 Å². The maximum atomic E-state index is 13.6. The molecule has 1 atom stereocenters. The maximum Gasteiger partial charge on any atom is 0.247 e. The first-order valence-electron chi connectivity index (χ1n) is 5.84. The van der Waals surface area contributed by atoms with Gasteiger partial charge in [-0.25, -0.2) is 17.5 Å². The van der Waals surface area contributed by atoms with Crippen molar-refractivity contribution in [3.05, 3.63) is 24.0 Å². The van der Waals surface area contributed by atoms with E-state index in [0.29, 0.717) is 12.3 Å². The van der Waals surface area contributed by atoms with Gasteiger partial charge in [-0.2, -0.15) is 0 Å². The molecule has 1 unspecified atom stereocenters. The highest BCUT2D eigenvalue weighted by Crippen LogP contribution is 2.29. The highest BCUT2D eigenvalue weighted by Gasteiger charge is 2.31. The first-order chi connectivity index (χ1) is 8.40. The van der Waals surface area contributed by atoms with Gasteiger partial charge in [0.2, 0.25) is 10.0 Å². The van der Waals surface area contributed by atoms with Crippen molar-refractivity contribution in [1.29, 1.82) is 0 Å². The minimum atomic E-state index is -3.85. The van der Waals surface area contributed by atoms with Gasteiger partial charge < -0.3 is 4.74 Å². The molecule has 1 N–H and O–H groups in total. The number of fused-ring (bicyclic) bond motifs is 1. The normalized spacial score (nSPS) is 22.1. The maximum absolute atomic E-state index is 13.6. The van der Waals surface area contributed by atoms with Crippen molar-refractivity contribution < 1.29 is 17.5 Å². The Hall–Kier alpha value is -1.14. The van der Waals surface area contributed by atoms with Gasteiger partial charge in [-0.15, -0.1) is 0 Å². The Bertz CT molecular complexity index is 542. The quantitative estimate of drug-likeness (QED) is 0.895. The van der Waals surface area contributed by atoms with Crippen LogP contribution in [0.15, 0.2) is 23.1 Å². The van der Waals surface area contributed by atoms with E-state index in [0.717, 1.165) is 6.07 Å². The molecule has 4 nitrogen and oxygen atoms in total. The molecule has 0 saturated heterocycles. The Kier molecular flexibility index (Phi) is 3.59. The smallest absolute Gasteiger partial charge is 0.247 e. The zero-order valence-electron chi connectivity index (χ0n) is 10.3. The molecule has 2 rings (SSSR count). The predicted molar refractivity (Wildman–Crippen MR) is 65.5 cm³/mol. The van der Waals surface area contributed by atoms with E-state index in [9.17, 15) is 12.8 Å². The van der Waals surface area contributed by atoms with Gasteiger partial charge in [0.05, 0.1) is 6.04 Å². The zero-order valence-corrected chi connectivity index (χ0v) is 11.1. The second kappa shape index (κ2) is 4.85. The first kappa shape index (κ1) is 13.3. The lowest BCUT2D eigenvalue weighted by molar-refractivity contribution is 0.261. The molecule has 1 aliphatic heterocycles. The molecule has 1 heterocycles. The molecule has 0 aromatic heterocycles. The van der Waals surface area contributed by atoms with Crippen LogP contribution in [0.1, 0.15) is 20.3 Å². The van der Waals surface area contributed by atoms with E-state index >= 15 is 0 Å². The molecule has 1 aromatic carbocycles. The van der Waals surface area contributed by atoms with Crippen LogP contribution in [0, 0.1) is 11.7 Å². The van der Waals surface area contributed by atoms with Crippen LogP contribution in [0.3, 0.4) is 0 Å². The number of hydrogen-bond acceptors (Lipinski definition) is 3. The number of ether oxygens (including phenoxy) is 1. The van der Waals surface area contributed by atoms with Crippen molar-refractivity contribution in [1.82, 2.24) is 4.72 Å². The number of nitrogens with one attached hydrogen (secondary N) is 1. The number of hydrogen-bond donors (Lipinski definition) is 1. The lowest BCUT2D eigenvalue weighted by atomic mass is 10.1. The summed E-state index contributed by atoms with van der Waals surface area (Å²) in [6, 6.07) is 3.69. The van der Waals surface area contributed by atoms with Gasteiger partial charge in [-0.1, -0.05) is 19.9 Å². The third-order valence-electron chi connectivity index (χ3n) is 2.72. The van der Waals surface area contributed by atoms with E-state index in [-0.39, 0.29) is 18.4 Å². The summed E-state index contributed by atoms with van der Waals surface area (Å²) in [6.07, 6.45) is 0.648. The molecular weight excluding hydrogens is 257 g/mol. The monoisotopic (exact) mass is 273 g/mol. The molecule has 100 valence electrons. The summed E-state index contributed by atoms with van der Waals surface area (Å²) in [5, 5.41) is 0. The summed E-state index contributed by atoms with van der Waals surface area (Å²) in [5.74, 6) is -0.383. The molecule has 1 aliphatic rings. The van der Waals surface area contributed by atoms with Gasteiger partial charge in [-0.05, 0) is 24.5 Å². The summed E-state index contributed by atoms with van der Waals surface area (Å²) in [7, 11) is -3.85. The van der Waals surface area contributed by atoms with Gasteiger partial charge >= 0.3 is 0 Å². The van der Waals surface area contributed by atoms with Crippen molar-refractivity contribution in [3.63, 3.8) is 0 Å².